The minimum atomic E-state index is -2.73. The standard InChI is InChI=1S/C17H17F3N2O2/c1-3-24-16(23)14-8-15(13-9-17(19,20)10(13)2)22(21-14)12-6-4-11(18)5-7-12/h4-8,10,13H,3,9H2,1-2H3. The summed E-state index contributed by atoms with van der Waals surface area (Å²) in [7, 11) is 0. The van der Waals surface area contributed by atoms with E-state index in [1.165, 1.54) is 41.9 Å². The topological polar surface area (TPSA) is 44.1 Å². The molecule has 128 valence electrons. The van der Waals surface area contributed by atoms with Crippen LogP contribution in [0.3, 0.4) is 0 Å². The predicted octanol–water partition coefficient (Wildman–Crippen LogP) is 3.95. The lowest BCUT2D eigenvalue weighted by Gasteiger charge is -2.42. The molecule has 2 aromatic rings. The Labute approximate surface area is 137 Å². The van der Waals surface area contributed by atoms with E-state index >= 15 is 0 Å². The Morgan fingerprint density at radius 1 is 1.38 bits per heavy atom. The molecule has 1 aromatic heterocycles. The average Bonchev–Trinajstić information content (AvgIpc) is 2.98. The van der Waals surface area contributed by atoms with E-state index in [-0.39, 0.29) is 18.7 Å². The van der Waals surface area contributed by atoms with Gasteiger partial charge in [-0.2, -0.15) is 5.10 Å². The molecule has 3 rings (SSSR count). The van der Waals surface area contributed by atoms with E-state index in [0.29, 0.717) is 11.4 Å². The van der Waals surface area contributed by atoms with Crippen molar-refractivity contribution in [2.45, 2.75) is 32.1 Å². The minimum Gasteiger partial charge on any atom is -0.461 e. The lowest BCUT2D eigenvalue weighted by Crippen LogP contribution is -2.44. The van der Waals surface area contributed by atoms with Gasteiger partial charge in [-0.25, -0.2) is 22.6 Å². The average molecular weight is 338 g/mol. The smallest absolute Gasteiger partial charge is 0.358 e. The number of aromatic nitrogens is 2. The second kappa shape index (κ2) is 5.96. The highest BCUT2D eigenvalue weighted by Gasteiger charge is 2.54. The number of hydrogen-bond donors (Lipinski definition) is 0. The molecule has 7 heteroatoms. The Bertz CT molecular complexity index is 756. The van der Waals surface area contributed by atoms with Crippen LogP contribution in [0.2, 0.25) is 0 Å². The van der Waals surface area contributed by atoms with Gasteiger partial charge in [0.25, 0.3) is 5.92 Å². The molecule has 0 saturated heterocycles. The van der Waals surface area contributed by atoms with Crippen molar-refractivity contribution in [3.8, 4) is 5.69 Å². The summed E-state index contributed by atoms with van der Waals surface area (Å²) >= 11 is 0. The van der Waals surface area contributed by atoms with Crippen molar-refractivity contribution in [3.63, 3.8) is 0 Å². The fourth-order valence-electron chi connectivity index (χ4n) is 2.90. The van der Waals surface area contributed by atoms with Crippen molar-refractivity contribution in [2.75, 3.05) is 6.61 Å². The summed E-state index contributed by atoms with van der Waals surface area (Å²) in [5, 5.41) is 4.19. The molecule has 24 heavy (non-hydrogen) atoms. The number of carbonyl (C=O) groups excluding carboxylic acids is 1. The van der Waals surface area contributed by atoms with Crippen molar-refractivity contribution in [1.82, 2.24) is 9.78 Å². The van der Waals surface area contributed by atoms with Crippen LogP contribution >= 0.6 is 0 Å². The van der Waals surface area contributed by atoms with Gasteiger partial charge in [0.2, 0.25) is 0 Å². The summed E-state index contributed by atoms with van der Waals surface area (Å²) in [6.45, 7) is 3.33. The first-order chi connectivity index (χ1) is 11.3. The zero-order chi connectivity index (χ0) is 17.5. The van der Waals surface area contributed by atoms with Crippen LogP contribution in [0.4, 0.5) is 13.2 Å². The summed E-state index contributed by atoms with van der Waals surface area (Å²) in [6.07, 6.45) is -0.302. The van der Waals surface area contributed by atoms with Gasteiger partial charge in [-0.05, 0) is 37.3 Å². The van der Waals surface area contributed by atoms with Gasteiger partial charge in [-0.15, -0.1) is 0 Å². The number of halogens is 3. The maximum Gasteiger partial charge on any atom is 0.358 e. The molecular formula is C17H17F3N2O2. The van der Waals surface area contributed by atoms with Crippen molar-refractivity contribution >= 4 is 5.97 Å². The molecule has 0 radical (unpaired) electrons. The zero-order valence-corrected chi connectivity index (χ0v) is 13.3. The first-order valence-corrected chi connectivity index (χ1v) is 7.74. The summed E-state index contributed by atoms with van der Waals surface area (Å²) in [5.74, 6) is -5.05. The lowest BCUT2D eigenvalue weighted by atomic mass is 9.69. The van der Waals surface area contributed by atoms with Gasteiger partial charge in [0.15, 0.2) is 5.69 Å². The van der Waals surface area contributed by atoms with Gasteiger partial charge in [0.05, 0.1) is 12.3 Å². The van der Waals surface area contributed by atoms with E-state index in [9.17, 15) is 18.0 Å². The van der Waals surface area contributed by atoms with Crippen LogP contribution in [0.15, 0.2) is 30.3 Å². The summed E-state index contributed by atoms with van der Waals surface area (Å²) in [5.41, 5.74) is 1.06. The van der Waals surface area contributed by atoms with Crippen molar-refractivity contribution in [2.24, 2.45) is 5.92 Å². The van der Waals surface area contributed by atoms with Crippen LogP contribution in [0.5, 0.6) is 0 Å². The third-order valence-electron chi connectivity index (χ3n) is 4.43. The number of benzene rings is 1. The zero-order valence-electron chi connectivity index (χ0n) is 13.3. The summed E-state index contributed by atoms with van der Waals surface area (Å²) in [4.78, 5) is 11.9. The van der Waals surface area contributed by atoms with Crippen LogP contribution < -0.4 is 0 Å². The predicted molar refractivity (Wildman–Crippen MR) is 80.9 cm³/mol. The monoisotopic (exact) mass is 338 g/mol. The Morgan fingerprint density at radius 2 is 2.04 bits per heavy atom. The fourth-order valence-corrected chi connectivity index (χ4v) is 2.90. The number of rotatable bonds is 4. The first-order valence-electron chi connectivity index (χ1n) is 7.74. The van der Waals surface area contributed by atoms with E-state index < -0.39 is 29.5 Å². The van der Waals surface area contributed by atoms with Gasteiger partial charge < -0.3 is 4.74 Å². The van der Waals surface area contributed by atoms with Crippen LogP contribution in [0.25, 0.3) is 5.69 Å². The number of esters is 1. The van der Waals surface area contributed by atoms with E-state index in [4.69, 9.17) is 4.74 Å². The van der Waals surface area contributed by atoms with Crippen molar-refractivity contribution < 1.29 is 22.7 Å². The molecule has 2 atom stereocenters. The highest BCUT2D eigenvalue weighted by Crippen LogP contribution is 2.53. The van der Waals surface area contributed by atoms with E-state index in [0.717, 1.165) is 0 Å². The molecule has 1 aromatic carbocycles. The van der Waals surface area contributed by atoms with E-state index in [1.54, 1.807) is 6.92 Å². The fraction of sp³-hybridized carbons (Fsp3) is 0.412. The van der Waals surface area contributed by atoms with Crippen molar-refractivity contribution in [3.05, 3.63) is 47.5 Å². The van der Waals surface area contributed by atoms with Gasteiger partial charge in [-0.1, -0.05) is 6.92 Å². The maximum atomic E-state index is 13.6. The van der Waals surface area contributed by atoms with E-state index in [2.05, 4.69) is 5.10 Å². The molecule has 1 heterocycles. The molecule has 2 unspecified atom stereocenters. The summed E-state index contributed by atoms with van der Waals surface area (Å²) in [6, 6.07) is 6.97. The highest BCUT2D eigenvalue weighted by molar-refractivity contribution is 5.87. The molecule has 4 nitrogen and oxygen atoms in total. The van der Waals surface area contributed by atoms with Gasteiger partial charge in [0, 0.05) is 24.0 Å². The maximum absolute atomic E-state index is 13.6. The number of hydrogen-bond acceptors (Lipinski definition) is 3. The second-order valence-corrected chi connectivity index (χ2v) is 5.92. The molecule has 0 spiro atoms. The molecule has 1 fully saturated rings. The lowest BCUT2D eigenvalue weighted by molar-refractivity contribution is -0.141. The number of alkyl halides is 2. The Kier molecular flexibility index (Phi) is 4.11. The number of carbonyl (C=O) groups is 1. The third-order valence-corrected chi connectivity index (χ3v) is 4.43. The SMILES string of the molecule is CCOC(=O)c1cc(C2CC(F)(F)C2C)n(-c2ccc(F)cc2)n1. The van der Waals surface area contributed by atoms with Gasteiger partial charge in [-0.3, -0.25) is 0 Å². The molecule has 0 aliphatic heterocycles. The third kappa shape index (κ3) is 2.79. The van der Waals surface area contributed by atoms with Crippen LogP contribution in [0, 0.1) is 11.7 Å². The van der Waals surface area contributed by atoms with Crippen LogP contribution in [-0.4, -0.2) is 28.3 Å². The summed E-state index contributed by atoms with van der Waals surface area (Å²) < 4.78 is 46.6. The van der Waals surface area contributed by atoms with Crippen molar-refractivity contribution in [1.29, 1.82) is 0 Å². The highest BCUT2D eigenvalue weighted by atomic mass is 19.3. The number of nitrogens with zero attached hydrogens (tertiary/aromatic N) is 2. The Hall–Kier alpha value is -2.31. The molecule has 1 aliphatic carbocycles. The van der Waals surface area contributed by atoms with Gasteiger partial charge in [0.1, 0.15) is 5.82 Å². The molecule has 0 N–H and O–H groups in total. The second-order valence-electron chi connectivity index (χ2n) is 5.92. The van der Waals surface area contributed by atoms with Crippen LogP contribution in [-0.2, 0) is 4.74 Å². The first kappa shape index (κ1) is 16.5. The quantitative estimate of drug-likeness (QED) is 0.793. The van der Waals surface area contributed by atoms with Gasteiger partial charge >= 0.3 is 5.97 Å². The van der Waals surface area contributed by atoms with Crippen LogP contribution in [0.1, 0.15) is 42.4 Å². The molecule has 1 aliphatic rings. The molecule has 0 bridgehead atoms. The molecule has 0 amide bonds. The number of ether oxygens (including phenoxy) is 1. The normalized spacial score (nSPS) is 22.0. The Morgan fingerprint density at radius 3 is 2.58 bits per heavy atom. The largest absolute Gasteiger partial charge is 0.461 e. The molecular weight excluding hydrogens is 321 g/mol. The van der Waals surface area contributed by atoms with E-state index in [1.807, 2.05) is 0 Å². The Balaban J connectivity index is 2.02. The minimum absolute atomic E-state index is 0.0543. The molecule has 1 saturated carbocycles.